The summed E-state index contributed by atoms with van der Waals surface area (Å²) in [4.78, 5) is 25.1. The zero-order valence-corrected chi connectivity index (χ0v) is 16.4. The Morgan fingerprint density at radius 3 is 2.04 bits per heavy atom. The minimum Gasteiger partial charge on any atom is -0.497 e. The van der Waals surface area contributed by atoms with Gasteiger partial charge in [-0.3, -0.25) is 9.59 Å². The van der Waals surface area contributed by atoms with Crippen molar-refractivity contribution in [3.05, 3.63) is 23.8 Å². The van der Waals surface area contributed by atoms with Crippen LogP contribution < -0.4 is 9.47 Å². The molecule has 0 radical (unpaired) electrons. The summed E-state index contributed by atoms with van der Waals surface area (Å²) in [6.07, 6.45) is 2.43. The van der Waals surface area contributed by atoms with E-state index in [0.717, 1.165) is 18.4 Å². The summed E-state index contributed by atoms with van der Waals surface area (Å²) in [6.45, 7) is 5.90. The van der Waals surface area contributed by atoms with E-state index in [-0.39, 0.29) is 13.2 Å². The summed E-state index contributed by atoms with van der Waals surface area (Å²) in [6, 6.07) is 5.38. The number of methoxy groups -OCH3 is 2. The van der Waals surface area contributed by atoms with Gasteiger partial charge in [0.2, 0.25) is 0 Å². The number of carbonyl (C=O) groups excluding carboxylic acids is 2. The molecule has 0 aliphatic rings. The number of hydrogen-bond donors (Lipinski definition) is 0. The number of hydrogen-bond acceptors (Lipinski definition) is 6. The summed E-state index contributed by atoms with van der Waals surface area (Å²) >= 11 is 0. The second-order valence-electron chi connectivity index (χ2n) is 5.84. The number of esters is 2. The summed E-state index contributed by atoms with van der Waals surface area (Å²) < 4.78 is 21.1. The van der Waals surface area contributed by atoms with E-state index in [2.05, 4.69) is 6.92 Å². The Morgan fingerprint density at radius 2 is 1.58 bits per heavy atom. The molecule has 1 aromatic carbocycles. The van der Waals surface area contributed by atoms with E-state index in [1.165, 1.54) is 0 Å². The topological polar surface area (TPSA) is 71.1 Å². The molecule has 1 rings (SSSR count). The lowest BCUT2D eigenvalue weighted by Crippen LogP contribution is -2.33. The molecule has 0 heterocycles. The third-order valence-corrected chi connectivity index (χ3v) is 4.19. The lowest BCUT2D eigenvalue weighted by molar-refractivity contribution is -0.163. The fraction of sp³-hybridized carbons (Fsp3) is 0.600. The molecule has 0 spiro atoms. The lowest BCUT2D eigenvalue weighted by atomic mass is 9.81. The first kappa shape index (κ1) is 21.8. The summed E-state index contributed by atoms with van der Waals surface area (Å²) in [5.41, 5.74) is 0.771. The normalized spacial score (nSPS) is 11.8. The van der Waals surface area contributed by atoms with Crippen LogP contribution in [-0.4, -0.2) is 39.4 Å². The molecule has 0 bridgehead atoms. The molecule has 0 aliphatic carbocycles. The standard InChI is InChI=1S/C20H30O6/c1-6-9-10-16(15-12-11-14(23-4)13-17(15)24-5)18(19(21)25-7-2)20(22)26-8-3/h11-13,16,18H,6-10H2,1-5H3. The molecule has 1 aromatic rings. The van der Waals surface area contributed by atoms with Crippen LogP contribution in [0.1, 0.15) is 51.5 Å². The van der Waals surface area contributed by atoms with Crippen LogP contribution in [-0.2, 0) is 19.1 Å². The molecule has 0 aliphatic heterocycles. The van der Waals surface area contributed by atoms with Crippen molar-refractivity contribution in [2.75, 3.05) is 27.4 Å². The van der Waals surface area contributed by atoms with Gasteiger partial charge in [-0.15, -0.1) is 0 Å². The first-order valence-corrected chi connectivity index (χ1v) is 9.09. The van der Waals surface area contributed by atoms with Gasteiger partial charge >= 0.3 is 11.9 Å². The SMILES string of the molecule is CCCCC(c1ccc(OC)cc1OC)C(C(=O)OCC)C(=O)OCC. The van der Waals surface area contributed by atoms with E-state index in [0.29, 0.717) is 17.9 Å². The molecule has 0 saturated heterocycles. The molecule has 1 unspecified atom stereocenters. The van der Waals surface area contributed by atoms with Gasteiger partial charge in [-0.1, -0.05) is 25.8 Å². The number of unbranched alkanes of at least 4 members (excludes halogenated alkanes) is 1. The van der Waals surface area contributed by atoms with Crippen molar-refractivity contribution in [2.24, 2.45) is 5.92 Å². The molecule has 0 saturated carbocycles. The molecule has 6 heteroatoms. The van der Waals surface area contributed by atoms with Gasteiger partial charge in [-0.2, -0.15) is 0 Å². The van der Waals surface area contributed by atoms with Gasteiger partial charge in [-0.05, 0) is 31.9 Å². The maximum absolute atomic E-state index is 12.6. The Hall–Kier alpha value is -2.24. The molecule has 26 heavy (non-hydrogen) atoms. The lowest BCUT2D eigenvalue weighted by Gasteiger charge is -2.26. The number of benzene rings is 1. The number of carbonyl (C=O) groups is 2. The quantitative estimate of drug-likeness (QED) is 0.439. The zero-order valence-electron chi connectivity index (χ0n) is 16.4. The minimum atomic E-state index is -1.02. The fourth-order valence-electron chi connectivity index (χ4n) is 2.94. The van der Waals surface area contributed by atoms with E-state index in [9.17, 15) is 9.59 Å². The van der Waals surface area contributed by atoms with Crippen LogP contribution in [0.5, 0.6) is 11.5 Å². The summed E-state index contributed by atoms with van der Waals surface area (Å²) in [5, 5.41) is 0. The van der Waals surface area contributed by atoms with Crippen molar-refractivity contribution >= 4 is 11.9 Å². The smallest absolute Gasteiger partial charge is 0.320 e. The highest BCUT2D eigenvalue weighted by Crippen LogP contribution is 2.39. The van der Waals surface area contributed by atoms with Crippen molar-refractivity contribution in [3.8, 4) is 11.5 Å². The van der Waals surface area contributed by atoms with Crippen molar-refractivity contribution < 1.29 is 28.5 Å². The second-order valence-corrected chi connectivity index (χ2v) is 5.84. The molecule has 0 fully saturated rings. The number of rotatable bonds is 11. The average Bonchev–Trinajstić information content (AvgIpc) is 2.64. The predicted molar refractivity (Wildman–Crippen MR) is 98.6 cm³/mol. The highest BCUT2D eigenvalue weighted by Gasteiger charge is 2.39. The molecule has 0 aromatic heterocycles. The van der Waals surface area contributed by atoms with Crippen molar-refractivity contribution in [3.63, 3.8) is 0 Å². The number of ether oxygens (including phenoxy) is 4. The monoisotopic (exact) mass is 366 g/mol. The molecule has 0 amide bonds. The van der Waals surface area contributed by atoms with Crippen LogP contribution in [0.4, 0.5) is 0 Å². The van der Waals surface area contributed by atoms with Gasteiger partial charge in [-0.25, -0.2) is 0 Å². The first-order valence-electron chi connectivity index (χ1n) is 9.09. The maximum atomic E-state index is 12.6. The summed E-state index contributed by atoms with van der Waals surface area (Å²) in [5.74, 6) is -1.33. The van der Waals surface area contributed by atoms with E-state index in [4.69, 9.17) is 18.9 Å². The fourth-order valence-corrected chi connectivity index (χ4v) is 2.94. The van der Waals surface area contributed by atoms with E-state index < -0.39 is 23.8 Å². The second kappa shape index (κ2) is 11.4. The average molecular weight is 366 g/mol. The van der Waals surface area contributed by atoms with Gasteiger partial charge in [0.15, 0.2) is 5.92 Å². The Balaban J connectivity index is 3.38. The maximum Gasteiger partial charge on any atom is 0.320 e. The van der Waals surface area contributed by atoms with Gasteiger partial charge in [0.05, 0.1) is 27.4 Å². The van der Waals surface area contributed by atoms with Crippen molar-refractivity contribution in [1.82, 2.24) is 0 Å². The van der Waals surface area contributed by atoms with Crippen LogP contribution in [0, 0.1) is 5.92 Å². The van der Waals surface area contributed by atoms with Gasteiger partial charge < -0.3 is 18.9 Å². The molecule has 0 N–H and O–H groups in total. The minimum absolute atomic E-state index is 0.203. The van der Waals surface area contributed by atoms with Crippen molar-refractivity contribution in [2.45, 2.75) is 46.0 Å². The van der Waals surface area contributed by atoms with Crippen LogP contribution in [0.15, 0.2) is 18.2 Å². The molecule has 146 valence electrons. The van der Waals surface area contributed by atoms with E-state index in [1.807, 2.05) is 6.07 Å². The van der Waals surface area contributed by atoms with Crippen LogP contribution >= 0.6 is 0 Å². The highest BCUT2D eigenvalue weighted by molar-refractivity contribution is 5.96. The molecule has 1 atom stereocenters. The first-order chi connectivity index (χ1) is 12.5. The van der Waals surface area contributed by atoms with Crippen LogP contribution in [0.3, 0.4) is 0 Å². The molecule has 6 nitrogen and oxygen atoms in total. The highest BCUT2D eigenvalue weighted by atomic mass is 16.6. The Kier molecular flexibility index (Phi) is 9.55. The van der Waals surface area contributed by atoms with Crippen LogP contribution in [0.25, 0.3) is 0 Å². The van der Waals surface area contributed by atoms with Crippen LogP contribution in [0.2, 0.25) is 0 Å². The Morgan fingerprint density at radius 1 is 0.962 bits per heavy atom. The van der Waals surface area contributed by atoms with Gasteiger partial charge in [0.25, 0.3) is 0 Å². The molecular weight excluding hydrogens is 336 g/mol. The van der Waals surface area contributed by atoms with E-state index >= 15 is 0 Å². The third-order valence-electron chi connectivity index (χ3n) is 4.19. The Labute approximate surface area is 155 Å². The third kappa shape index (κ3) is 5.64. The largest absolute Gasteiger partial charge is 0.497 e. The predicted octanol–water partition coefficient (Wildman–Crippen LogP) is 3.72. The van der Waals surface area contributed by atoms with Gasteiger partial charge in [0, 0.05) is 12.0 Å². The zero-order chi connectivity index (χ0) is 19.5. The molecular formula is C20H30O6. The van der Waals surface area contributed by atoms with Crippen molar-refractivity contribution in [1.29, 1.82) is 0 Å². The van der Waals surface area contributed by atoms with Gasteiger partial charge in [0.1, 0.15) is 11.5 Å². The Bertz CT molecular complexity index is 566. The van der Waals surface area contributed by atoms with E-state index in [1.54, 1.807) is 40.2 Å². The summed E-state index contributed by atoms with van der Waals surface area (Å²) in [7, 11) is 3.13.